The Morgan fingerprint density at radius 2 is 1.82 bits per heavy atom. The van der Waals surface area contributed by atoms with Crippen LogP contribution < -0.4 is 20.1 Å². The molecule has 1 atom stereocenters. The zero-order valence-corrected chi connectivity index (χ0v) is 20.0. The van der Waals surface area contributed by atoms with Crippen LogP contribution in [0.5, 0.6) is 11.5 Å². The number of aromatic nitrogens is 3. The van der Waals surface area contributed by atoms with Crippen LogP contribution in [0.4, 0.5) is 5.69 Å². The monoisotopic (exact) mass is 485 g/mol. The summed E-state index contributed by atoms with van der Waals surface area (Å²) in [6.45, 7) is 2.03. The van der Waals surface area contributed by atoms with Crippen LogP contribution in [0.3, 0.4) is 0 Å². The molecule has 0 aliphatic carbocycles. The number of carbonyl (C=O) groups excluding carboxylic acids is 2. The van der Waals surface area contributed by atoms with Crippen molar-refractivity contribution in [3.63, 3.8) is 0 Å². The number of ether oxygens (including phenoxy) is 2. The second kappa shape index (κ2) is 12.1. The van der Waals surface area contributed by atoms with Gasteiger partial charge in [0.05, 0.1) is 32.3 Å². The number of carbonyl (C=O) groups is 2. The van der Waals surface area contributed by atoms with Gasteiger partial charge in [0, 0.05) is 12.1 Å². The molecule has 2 aromatic carbocycles. The molecule has 1 heterocycles. The van der Waals surface area contributed by atoms with Gasteiger partial charge in [-0.1, -0.05) is 23.9 Å². The lowest BCUT2D eigenvalue weighted by atomic mass is 10.2. The van der Waals surface area contributed by atoms with Crippen LogP contribution >= 0.6 is 11.8 Å². The van der Waals surface area contributed by atoms with Gasteiger partial charge in [-0.05, 0) is 43.3 Å². The van der Waals surface area contributed by atoms with Gasteiger partial charge in [0.15, 0.2) is 11.0 Å². The molecule has 34 heavy (non-hydrogen) atoms. The Bertz CT molecular complexity index is 1120. The molecular weight excluding hydrogens is 458 g/mol. The number of hydrogen-bond donors (Lipinski definition) is 3. The van der Waals surface area contributed by atoms with Gasteiger partial charge in [-0.25, -0.2) is 0 Å². The van der Waals surface area contributed by atoms with Gasteiger partial charge >= 0.3 is 0 Å². The average molecular weight is 486 g/mol. The summed E-state index contributed by atoms with van der Waals surface area (Å²) in [4.78, 5) is 25.1. The van der Waals surface area contributed by atoms with Crippen LogP contribution in [0.2, 0.25) is 0 Å². The lowest BCUT2D eigenvalue weighted by Crippen LogP contribution is -2.32. The predicted molar refractivity (Wildman–Crippen MR) is 128 cm³/mol. The molecule has 0 saturated carbocycles. The molecule has 0 aliphatic rings. The average Bonchev–Trinajstić information content (AvgIpc) is 3.29. The molecule has 11 heteroatoms. The molecule has 1 unspecified atom stereocenters. The van der Waals surface area contributed by atoms with Crippen molar-refractivity contribution in [2.45, 2.75) is 24.7 Å². The number of para-hydroxylation sites is 2. The van der Waals surface area contributed by atoms with Gasteiger partial charge in [0.2, 0.25) is 5.91 Å². The van der Waals surface area contributed by atoms with Crippen LogP contribution in [0.1, 0.15) is 29.1 Å². The Balaban J connectivity index is 1.66. The predicted octanol–water partition coefficient (Wildman–Crippen LogP) is 2.51. The molecule has 0 fully saturated rings. The first-order chi connectivity index (χ1) is 16.5. The zero-order chi connectivity index (χ0) is 24.5. The third-order valence-electron chi connectivity index (χ3n) is 4.93. The molecule has 0 saturated heterocycles. The highest BCUT2D eigenvalue weighted by atomic mass is 32.2. The zero-order valence-electron chi connectivity index (χ0n) is 19.1. The normalized spacial score (nSPS) is 11.5. The van der Waals surface area contributed by atoms with E-state index in [2.05, 4.69) is 20.8 Å². The number of aliphatic hydroxyl groups excluding tert-OH is 1. The van der Waals surface area contributed by atoms with Crippen molar-refractivity contribution in [3.05, 3.63) is 59.9 Å². The summed E-state index contributed by atoms with van der Waals surface area (Å²) >= 11 is 1.21. The first-order valence-electron chi connectivity index (χ1n) is 10.5. The van der Waals surface area contributed by atoms with E-state index in [-0.39, 0.29) is 24.2 Å². The summed E-state index contributed by atoms with van der Waals surface area (Å²) in [6.07, 6.45) is 0. The summed E-state index contributed by atoms with van der Waals surface area (Å²) < 4.78 is 12.1. The minimum absolute atomic E-state index is 0.0954. The molecule has 10 nitrogen and oxygen atoms in total. The quantitative estimate of drug-likeness (QED) is 0.354. The maximum Gasteiger partial charge on any atom is 0.251 e. The summed E-state index contributed by atoms with van der Waals surface area (Å²) in [5, 5.41) is 24.3. The van der Waals surface area contributed by atoms with Crippen molar-refractivity contribution >= 4 is 29.3 Å². The minimum Gasteiger partial charge on any atom is -0.497 e. The van der Waals surface area contributed by atoms with Crippen molar-refractivity contribution < 1.29 is 24.2 Å². The molecule has 1 aromatic heterocycles. The van der Waals surface area contributed by atoms with Gasteiger partial charge in [-0.3, -0.25) is 9.59 Å². The summed E-state index contributed by atoms with van der Waals surface area (Å²) in [7, 11) is 3.09. The second-order valence-corrected chi connectivity index (χ2v) is 8.00. The van der Waals surface area contributed by atoms with E-state index < -0.39 is 6.04 Å². The Kier molecular flexibility index (Phi) is 8.88. The van der Waals surface area contributed by atoms with Gasteiger partial charge in [-0.2, -0.15) is 0 Å². The number of aliphatic hydroxyl groups is 1. The Morgan fingerprint density at radius 1 is 1.09 bits per heavy atom. The molecule has 2 amide bonds. The number of nitrogens with one attached hydrogen (secondary N) is 2. The van der Waals surface area contributed by atoms with Crippen LogP contribution in [-0.4, -0.2) is 58.3 Å². The van der Waals surface area contributed by atoms with Crippen LogP contribution in [0, 0.1) is 0 Å². The number of methoxy groups -OCH3 is 2. The number of anilines is 1. The van der Waals surface area contributed by atoms with E-state index >= 15 is 0 Å². The Morgan fingerprint density at radius 3 is 2.47 bits per heavy atom. The van der Waals surface area contributed by atoms with Gasteiger partial charge < -0.3 is 29.8 Å². The molecule has 180 valence electrons. The molecule has 0 aliphatic heterocycles. The van der Waals surface area contributed by atoms with Crippen LogP contribution in [0.25, 0.3) is 0 Å². The maximum absolute atomic E-state index is 12.6. The van der Waals surface area contributed by atoms with E-state index in [1.807, 2.05) is 13.0 Å². The van der Waals surface area contributed by atoms with E-state index in [9.17, 15) is 14.7 Å². The van der Waals surface area contributed by atoms with Gasteiger partial charge in [-0.15, -0.1) is 10.2 Å². The van der Waals surface area contributed by atoms with Crippen molar-refractivity contribution in [1.29, 1.82) is 0 Å². The summed E-state index contributed by atoms with van der Waals surface area (Å²) in [6, 6.07) is 13.0. The first kappa shape index (κ1) is 25.1. The number of amides is 2. The smallest absolute Gasteiger partial charge is 0.251 e. The molecular formula is C23H27N5O5S. The Labute approximate surface area is 201 Å². The van der Waals surface area contributed by atoms with Crippen LogP contribution in [-0.2, 0) is 11.3 Å². The Hall–Kier alpha value is -3.57. The third-order valence-corrected chi connectivity index (χ3v) is 5.89. The third kappa shape index (κ3) is 6.06. The number of rotatable bonds is 11. The molecule has 3 rings (SSSR count). The standard InChI is InChI=1S/C23H27N5O5S/c1-4-28-21(18(13-29)25-22(31)15-9-11-16(32-2)12-10-15)26-27-23(28)34-14-20(30)24-17-7-5-6-8-19(17)33-3/h5-12,18,29H,4,13-14H2,1-3H3,(H,24,30)(H,25,31). The number of nitrogens with zero attached hydrogens (tertiary/aromatic N) is 3. The molecule has 3 aromatic rings. The van der Waals surface area contributed by atoms with Crippen molar-refractivity contribution in [2.24, 2.45) is 0 Å². The second-order valence-electron chi connectivity index (χ2n) is 7.06. The highest BCUT2D eigenvalue weighted by Crippen LogP contribution is 2.25. The van der Waals surface area contributed by atoms with E-state index in [0.29, 0.717) is 40.3 Å². The van der Waals surface area contributed by atoms with E-state index in [1.165, 1.54) is 18.9 Å². The molecule has 0 bridgehead atoms. The van der Waals surface area contributed by atoms with Crippen molar-refractivity contribution in [2.75, 3.05) is 31.9 Å². The largest absolute Gasteiger partial charge is 0.497 e. The van der Waals surface area contributed by atoms with Crippen LogP contribution in [0.15, 0.2) is 53.7 Å². The topological polar surface area (TPSA) is 128 Å². The fourth-order valence-electron chi connectivity index (χ4n) is 3.20. The SMILES string of the molecule is CCn1c(SCC(=O)Nc2ccccc2OC)nnc1C(CO)NC(=O)c1ccc(OC)cc1. The summed E-state index contributed by atoms with van der Waals surface area (Å²) in [5.41, 5.74) is 0.999. The molecule has 0 radical (unpaired) electrons. The molecule has 3 N–H and O–H groups in total. The number of benzene rings is 2. The summed E-state index contributed by atoms with van der Waals surface area (Å²) in [5.74, 6) is 1.11. The van der Waals surface area contributed by atoms with Gasteiger partial charge in [0.1, 0.15) is 17.5 Å². The fourth-order valence-corrected chi connectivity index (χ4v) is 4.01. The maximum atomic E-state index is 12.6. The highest BCUT2D eigenvalue weighted by Gasteiger charge is 2.23. The fraction of sp³-hybridized carbons (Fsp3) is 0.304. The molecule has 0 spiro atoms. The number of thioether (sulfide) groups is 1. The highest BCUT2D eigenvalue weighted by molar-refractivity contribution is 7.99. The van der Waals surface area contributed by atoms with E-state index in [1.54, 1.807) is 54.1 Å². The lowest BCUT2D eigenvalue weighted by molar-refractivity contribution is -0.113. The van der Waals surface area contributed by atoms with Crippen molar-refractivity contribution in [3.8, 4) is 11.5 Å². The van der Waals surface area contributed by atoms with E-state index in [0.717, 1.165) is 0 Å². The van der Waals surface area contributed by atoms with Crippen molar-refractivity contribution in [1.82, 2.24) is 20.1 Å². The number of hydrogen-bond acceptors (Lipinski definition) is 8. The minimum atomic E-state index is -0.765. The first-order valence-corrected chi connectivity index (χ1v) is 11.5. The lowest BCUT2D eigenvalue weighted by Gasteiger charge is -2.17. The van der Waals surface area contributed by atoms with E-state index in [4.69, 9.17) is 9.47 Å². The van der Waals surface area contributed by atoms with Gasteiger partial charge in [0.25, 0.3) is 5.91 Å².